The zero-order valence-corrected chi connectivity index (χ0v) is 11.5. The Kier molecular flexibility index (Phi) is 8.96. The van der Waals surface area contributed by atoms with Crippen molar-refractivity contribution in [1.82, 2.24) is 0 Å². The molecule has 0 saturated heterocycles. The van der Waals surface area contributed by atoms with Crippen molar-refractivity contribution in [3.63, 3.8) is 0 Å². The van der Waals surface area contributed by atoms with Gasteiger partial charge < -0.3 is 10.8 Å². The van der Waals surface area contributed by atoms with Gasteiger partial charge in [-0.15, -0.1) is 0 Å². The van der Waals surface area contributed by atoms with E-state index < -0.39 is 0 Å². The van der Waals surface area contributed by atoms with E-state index in [1.165, 1.54) is 32.1 Å². The Balaban J connectivity index is 3.92. The summed E-state index contributed by atoms with van der Waals surface area (Å²) in [5.41, 5.74) is 6.30. The van der Waals surface area contributed by atoms with Crippen LogP contribution in [0.5, 0.6) is 0 Å². The van der Waals surface area contributed by atoms with Gasteiger partial charge in [0.05, 0.1) is 0 Å². The summed E-state index contributed by atoms with van der Waals surface area (Å²) in [6.45, 7) is 6.87. The van der Waals surface area contributed by atoms with Gasteiger partial charge in [0.15, 0.2) is 0 Å². The molecule has 0 saturated carbocycles. The summed E-state index contributed by atoms with van der Waals surface area (Å²) >= 11 is 0. The lowest BCUT2D eigenvalue weighted by Gasteiger charge is -2.35. The molecular formula is C14H31NO. The minimum atomic E-state index is 0.135. The molecule has 2 unspecified atom stereocenters. The third-order valence-electron chi connectivity index (χ3n) is 3.87. The van der Waals surface area contributed by atoms with E-state index >= 15 is 0 Å². The average molecular weight is 229 g/mol. The van der Waals surface area contributed by atoms with Crippen molar-refractivity contribution in [2.24, 2.45) is 11.1 Å². The van der Waals surface area contributed by atoms with Crippen molar-refractivity contribution in [3.8, 4) is 0 Å². The van der Waals surface area contributed by atoms with Crippen molar-refractivity contribution in [2.45, 2.75) is 78.2 Å². The zero-order chi connectivity index (χ0) is 12.4. The van der Waals surface area contributed by atoms with E-state index in [2.05, 4.69) is 20.8 Å². The molecule has 0 amide bonds. The van der Waals surface area contributed by atoms with Crippen LogP contribution in [0.3, 0.4) is 0 Å². The molecule has 2 nitrogen and oxygen atoms in total. The molecule has 0 heterocycles. The van der Waals surface area contributed by atoms with Crippen molar-refractivity contribution in [3.05, 3.63) is 0 Å². The van der Waals surface area contributed by atoms with Gasteiger partial charge in [0.1, 0.15) is 0 Å². The molecule has 16 heavy (non-hydrogen) atoms. The predicted octanol–water partition coefficient (Wildman–Crippen LogP) is 3.47. The standard InChI is InChI=1S/C14H31NO/c1-4-6-7-8-9-10-14(3,11-12-16)13(15)5-2/h13,16H,4-12,15H2,1-3H3. The highest BCUT2D eigenvalue weighted by Gasteiger charge is 2.29. The fraction of sp³-hybridized carbons (Fsp3) is 1.00. The maximum Gasteiger partial charge on any atom is 0.0436 e. The van der Waals surface area contributed by atoms with Gasteiger partial charge in [-0.1, -0.05) is 52.9 Å². The third-order valence-corrected chi connectivity index (χ3v) is 3.87. The summed E-state index contributed by atoms with van der Waals surface area (Å²) < 4.78 is 0. The van der Waals surface area contributed by atoms with Gasteiger partial charge >= 0.3 is 0 Å². The van der Waals surface area contributed by atoms with E-state index in [-0.39, 0.29) is 18.1 Å². The van der Waals surface area contributed by atoms with Crippen molar-refractivity contribution in [1.29, 1.82) is 0 Å². The zero-order valence-electron chi connectivity index (χ0n) is 11.5. The lowest BCUT2D eigenvalue weighted by molar-refractivity contribution is 0.148. The van der Waals surface area contributed by atoms with Crippen LogP contribution < -0.4 is 5.73 Å². The molecule has 98 valence electrons. The number of aliphatic hydroxyl groups is 1. The lowest BCUT2D eigenvalue weighted by atomic mass is 9.74. The lowest BCUT2D eigenvalue weighted by Crippen LogP contribution is -2.39. The Bertz CT molecular complexity index is 161. The number of hydrogen-bond acceptors (Lipinski definition) is 2. The van der Waals surface area contributed by atoms with E-state index in [9.17, 15) is 0 Å². The molecule has 0 aliphatic rings. The van der Waals surface area contributed by atoms with Crippen LogP contribution in [0.25, 0.3) is 0 Å². The quantitative estimate of drug-likeness (QED) is 0.563. The minimum absolute atomic E-state index is 0.135. The van der Waals surface area contributed by atoms with E-state index in [1.54, 1.807) is 0 Å². The largest absolute Gasteiger partial charge is 0.396 e. The van der Waals surface area contributed by atoms with Crippen LogP contribution in [0, 0.1) is 5.41 Å². The average Bonchev–Trinajstić information content (AvgIpc) is 2.28. The Labute approximate surface area is 102 Å². The van der Waals surface area contributed by atoms with Gasteiger partial charge in [0, 0.05) is 12.6 Å². The Morgan fingerprint density at radius 1 is 1.06 bits per heavy atom. The Morgan fingerprint density at radius 3 is 2.19 bits per heavy atom. The summed E-state index contributed by atoms with van der Waals surface area (Å²) in [6.07, 6.45) is 9.55. The normalized spacial score (nSPS) is 17.1. The van der Waals surface area contributed by atoms with Gasteiger partial charge in [-0.3, -0.25) is 0 Å². The fourth-order valence-corrected chi connectivity index (χ4v) is 2.38. The van der Waals surface area contributed by atoms with Crippen LogP contribution in [0.1, 0.15) is 72.1 Å². The molecule has 0 aromatic rings. The number of aliphatic hydroxyl groups excluding tert-OH is 1. The second-order valence-electron chi connectivity index (χ2n) is 5.31. The number of nitrogens with two attached hydrogens (primary N) is 1. The molecule has 0 bridgehead atoms. The summed E-state index contributed by atoms with van der Waals surface area (Å²) in [4.78, 5) is 0. The van der Waals surface area contributed by atoms with Crippen LogP contribution >= 0.6 is 0 Å². The van der Waals surface area contributed by atoms with Gasteiger partial charge in [-0.05, 0) is 24.7 Å². The van der Waals surface area contributed by atoms with Crippen LogP contribution in [0.4, 0.5) is 0 Å². The van der Waals surface area contributed by atoms with Gasteiger partial charge in [0.2, 0.25) is 0 Å². The monoisotopic (exact) mass is 229 g/mol. The van der Waals surface area contributed by atoms with Crippen molar-refractivity contribution < 1.29 is 5.11 Å². The number of rotatable bonds is 10. The van der Waals surface area contributed by atoms with E-state index in [4.69, 9.17) is 10.8 Å². The topological polar surface area (TPSA) is 46.2 Å². The second-order valence-corrected chi connectivity index (χ2v) is 5.31. The fourth-order valence-electron chi connectivity index (χ4n) is 2.38. The predicted molar refractivity (Wildman–Crippen MR) is 71.5 cm³/mol. The molecular weight excluding hydrogens is 198 g/mol. The molecule has 2 heteroatoms. The molecule has 3 N–H and O–H groups in total. The first-order valence-corrected chi connectivity index (χ1v) is 6.97. The van der Waals surface area contributed by atoms with E-state index in [1.807, 2.05) is 0 Å². The summed E-state index contributed by atoms with van der Waals surface area (Å²) in [5.74, 6) is 0. The molecule has 2 atom stereocenters. The third kappa shape index (κ3) is 5.86. The smallest absolute Gasteiger partial charge is 0.0436 e. The maximum atomic E-state index is 9.13. The van der Waals surface area contributed by atoms with Crippen molar-refractivity contribution in [2.75, 3.05) is 6.61 Å². The maximum absolute atomic E-state index is 9.13. The molecule has 0 aliphatic heterocycles. The first kappa shape index (κ1) is 15.9. The first-order chi connectivity index (χ1) is 7.60. The summed E-state index contributed by atoms with van der Waals surface area (Å²) in [5, 5.41) is 9.13. The molecule has 0 fully saturated rings. The Morgan fingerprint density at radius 2 is 1.69 bits per heavy atom. The van der Waals surface area contributed by atoms with Gasteiger partial charge in [-0.25, -0.2) is 0 Å². The second kappa shape index (κ2) is 9.00. The molecule has 0 spiro atoms. The highest BCUT2D eigenvalue weighted by molar-refractivity contribution is 4.84. The molecule has 0 aromatic heterocycles. The molecule has 0 aromatic carbocycles. The first-order valence-electron chi connectivity index (χ1n) is 6.97. The van der Waals surface area contributed by atoms with Crippen LogP contribution in [0.15, 0.2) is 0 Å². The van der Waals surface area contributed by atoms with Gasteiger partial charge in [-0.2, -0.15) is 0 Å². The van der Waals surface area contributed by atoms with Crippen LogP contribution in [-0.2, 0) is 0 Å². The molecule has 0 rings (SSSR count). The highest BCUT2D eigenvalue weighted by Crippen LogP contribution is 2.32. The minimum Gasteiger partial charge on any atom is -0.396 e. The number of hydrogen-bond donors (Lipinski definition) is 2. The Hall–Kier alpha value is -0.0800. The van der Waals surface area contributed by atoms with Gasteiger partial charge in [0.25, 0.3) is 0 Å². The van der Waals surface area contributed by atoms with Crippen LogP contribution in [0.2, 0.25) is 0 Å². The highest BCUT2D eigenvalue weighted by atomic mass is 16.3. The number of unbranched alkanes of at least 4 members (excludes halogenated alkanes) is 4. The molecule has 0 aliphatic carbocycles. The van der Waals surface area contributed by atoms with Crippen LogP contribution in [-0.4, -0.2) is 17.8 Å². The molecule has 0 radical (unpaired) electrons. The van der Waals surface area contributed by atoms with E-state index in [0.717, 1.165) is 19.3 Å². The summed E-state index contributed by atoms with van der Waals surface area (Å²) in [7, 11) is 0. The SMILES string of the molecule is CCCCCCCC(C)(CCO)C(N)CC. The van der Waals surface area contributed by atoms with Crippen molar-refractivity contribution >= 4 is 0 Å². The summed E-state index contributed by atoms with van der Waals surface area (Å²) in [6, 6.07) is 0.228. The van der Waals surface area contributed by atoms with E-state index in [0.29, 0.717) is 0 Å².